The molecule has 2 nitrogen and oxygen atoms in total. The maximum absolute atomic E-state index is 4.94. The minimum Gasteiger partial charge on any atom is -0.228 e. The summed E-state index contributed by atoms with van der Waals surface area (Å²) in [6.45, 7) is 2.11. The molecule has 0 atom stereocenters. The van der Waals surface area contributed by atoms with Crippen molar-refractivity contribution >= 4 is 0 Å². The van der Waals surface area contributed by atoms with Crippen LogP contribution in [-0.2, 0) is 0 Å². The van der Waals surface area contributed by atoms with Crippen LogP contribution in [0.25, 0.3) is 45.0 Å². The van der Waals surface area contributed by atoms with Gasteiger partial charge >= 0.3 is 0 Å². The average molecular weight is 399 g/mol. The maximum atomic E-state index is 4.94. The highest BCUT2D eigenvalue weighted by atomic mass is 14.9. The van der Waals surface area contributed by atoms with Crippen molar-refractivity contribution in [3.05, 3.63) is 121 Å². The predicted octanol–water partition coefficient (Wildman–Crippen LogP) is 7.45. The van der Waals surface area contributed by atoms with E-state index in [1.165, 1.54) is 16.7 Å². The topological polar surface area (TPSA) is 25.8 Å². The summed E-state index contributed by atoms with van der Waals surface area (Å²) in [4.78, 5) is 9.82. The third-order valence-electron chi connectivity index (χ3n) is 5.37. The van der Waals surface area contributed by atoms with E-state index in [0.717, 1.165) is 33.9 Å². The van der Waals surface area contributed by atoms with Gasteiger partial charge in [0.15, 0.2) is 5.82 Å². The lowest BCUT2D eigenvalue weighted by Gasteiger charge is -2.10. The van der Waals surface area contributed by atoms with Crippen molar-refractivity contribution < 1.29 is 0 Å². The second-order valence-corrected chi connectivity index (χ2v) is 7.64. The van der Waals surface area contributed by atoms with Crippen LogP contribution in [0.3, 0.4) is 0 Å². The van der Waals surface area contributed by atoms with Crippen molar-refractivity contribution in [1.82, 2.24) is 9.97 Å². The Labute approximate surface area is 182 Å². The Bertz CT molecular complexity index is 1250. The van der Waals surface area contributed by atoms with Crippen molar-refractivity contribution in [1.29, 1.82) is 0 Å². The van der Waals surface area contributed by atoms with E-state index in [1.54, 1.807) is 0 Å². The van der Waals surface area contributed by atoms with Gasteiger partial charge in [-0.05, 0) is 30.2 Å². The highest BCUT2D eigenvalue weighted by molar-refractivity contribution is 5.75. The number of hydrogen-bond acceptors (Lipinski definition) is 2. The molecule has 0 N–H and O–H groups in total. The van der Waals surface area contributed by atoms with E-state index in [0.29, 0.717) is 0 Å². The third-order valence-corrected chi connectivity index (χ3v) is 5.37. The second-order valence-electron chi connectivity index (χ2n) is 7.64. The molecule has 1 heterocycles. The molecule has 5 aromatic rings. The van der Waals surface area contributed by atoms with Crippen LogP contribution in [0, 0.1) is 6.92 Å². The largest absolute Gasteiger partial charge is 0.228 e. The first kappa shape index (κ1) is 19.0. The zero-order valence-electron chi connectivity index (χ0n) is 17.4. The third kappa shape index (κ3) is 4.15. The molecular formula is C29H22N2. The van der Waals surface area contributed by atoms with Gasteiger partial charge in [0.05, 0.1) is 11.4 Å². The smallest absolute Gasteiger partial charge is 0.160 e. The number of hydrogen-bond donors (Lipinski definition) is 0. The van der Waals surface area contributed by atoms with E-state index in [1.807, 2.05) is 36.4 Å². The molecule has 4 aromatic carbocycles. The van der Waals surface area contributed by atoms with E-state index >= 15 is 0 Å². The molecule has 31 heavy (non-hydrogen) atoms. The Morgan fingerprint density at radius 3 is 1.65 bits per heavy atom. The SMILES string of the molecule is Cc1ccc(-c2cccc(-c3cc(-c4ccccc4)nc(-c4ccccc4)n3)c2)cc1. The van der Waals surface area contributed by atoms with E-state index in [9.17, 15) is 0 Å². The fourth-order valence-electron chi connectivity index (χ4n) is 3.67. The second kappa shape index (κ2) is 8.37. The van der Waals surface area contributed by atoms with E-state index < -0.39 is 0 Å². The Balaban J connectivity index is 1.65. The molecule has 5 rings (SSSR count). The zero-order valence-corrected chi connectivity index (χ0v) is 17.4. The van der Waals surface area contributed by atoms with Crippen molar-refractivity contribution in [2.45, 2.75) is 6.92 Å². The van der Waals surface area contributed by atoms with Gasteiger partial charge in [0.1, 0.15) is 0 Å². The van der Waals surface area contributed by atoms with Crippen LogP contribution < -0.4 is 0 Å². The van der Waals surface area contributed by atoms with Gasteiger partial charge in [0.2, 0.25) is 0 Å². The van der Waals surface area contributed by atoms with Crippen LogP contribution in [0.4, 0.5) is 0 Å². The quantitative estimate of drug-likeness (QED) is 0.314. The molecule has 0 aliphatic carbocycles. The van der Waals surface area contributed by atoms with Crippen molar-refractivity contribution in [2.24, 2.45) is 0 Å². The first-order chi connectivity index (χ1) is 15.3. The Kier molecular flexibility index (Phi) is 5.12. The van der Waals surface area contributed by atoms with Crippen molar-refractivity contribution in [3.8, 4) is 45.0 Å². The Morgan fingerprint density at radius 2 is 0.968 bits per heavy atom. The summed E-state index contributed by atoms with van der Waals surface area (Å²) in [7, 11) is 0. The monoisotopic (exact) mass is 398 g/mol. The summed E-state index contributed by atoms with van der Waals surface area (Å²) in [5, 5.41) is 0. The van der Waals surface area contributed by atoms with Crippen LogP contribution in [-0.4, -0.2) is 9.97 Å². The molecule has 0 bridgehead atoms. The van der Waals surface area contributed by atoms with E-state index in [2.05, 4.69) is 85.8 Å². The van der Waals surface area contributed by atoms with Gasteiger partial charge in [0.25, 0.3) is 0 Å². The molecule has 0 aliphatic rings. The Morgan fingerprint density at radius 1 is 0.419 bits per heavy atom. The molecule has 0 saturated heterocycles. The molecule has 1 aromatic heterocycles. The van der Waals surface area contributed by atoms with Gasteiger partial charge < -0.3 is 0 Å². The lowest BCUT2D eigenvalue weighted by molar-refractivity contribution is 1.18. The van der Waals surface area contributed by atoms with E-state index in [4.69, 9.17) is 9.97 Å². The highest BCUT2D eigenvalue weighted by Gasteiger charge is 2.11. The summed E-state index contributed by atoms with van der Waals surface area (Å²) in [5.74, 6) is 0.734. The summed E-state index contributed by atoms with van der Waals surface area (Å²) in [5.41, 5.74) is 8.65. The lowest BCUT2D eigenvalue weighted by atomic mass is 10.00. The molecule has 0 spiro atoms. The van der Waals surface area contributed by atoms with Gasteiger partial charge in [-0.15, -0.1) is 0 Å². The molecule has 0 radical (unpaired) electrons. The van der Waals surface area contributed by atoms with Gasteiger partial charge in [-0.25, -0.2) is 9.97 Å². The molecule has 0 amide bonds. The van der Waals surface area contributed by atoms with Crippen molar-refractivity contribution in [2.75, 3.05) is 0 Å². The maximum Gasteiger partial charge on any atom is 0.160 e. The number of aromatic nitrogens is 2. The summed E-state index contributed by atoms with van der Waals surface area (Å²) in [6.07, 6.45) is 0. The zero-order chi connectivity index (χ0) is 21.0. The molecule has 0 aliphatic heterocycles. The van der Waals surface area contributed by atoms with Crippen LogP contribution in [0.1, 0.15) is 5.56 Å². The fourth-order valence-corrected chi connectivity index (χ4v) is 3.67. The fraction of sp³-hybridized carbons (Fsp3) is 0.0345. The van der Waals surface area contributed by atoms with Gasteiger partial charge in [0, 0.05) is 16.7 Å². The molecule has 0 unspecified atom stereocenters. The lowest BCUT2D eigenvalue weighted by Crippen LogP contribution is -1.96. The summed E-state index contributed by atoms with van der Waals surface area (Å²) in [6, 6.07) is 39.7. The van der Waals surface area contributed by atoms with Crippen LogP contribution in [0.15, 0.2) is 115 Å². The summed E-state index contributed by atoms with van der Waals surface area (Å²) >= 11 is 0. The molecule has 0 saturated carbocycles. The molecular weight excluding hydrogens is 376 g/mol. The van der Waals surface area contributed by atoms with Gasteiger partial charge in [-0.3, -0.25) is 0 Å². The highest BCUT2D eigenvalue weighted by Crippen LogP contribution is 2.30. The molecule has 148 valence electrons. The first-order valence-corrected chi connectivity index (χ1v) is 10.4. The number of rotatable bonds is 4. The van der Waals surface area contributed by atoms with Crippen molar-refractivity contribution in [3.63, 3.8) is 0 Å². The number of benzene rings is 4. The predicted molar refractivity (Wildman–Crippen MR) is 129 cm³/mol. The van der Waals surface area contributed by atoms with Crippen LogP contribution in [0.5, 0.6) is 0 Å². The minimum atomic E-state index is 0.734. The standard InChI is InChI=1S/C29H22N2/c1-21-15-17-22(18-16-21)25-13-8-14-26(19-25)28-20-27(23-9-4-2-5-10-23)30-29(31-28)24-11-6-3-7-12-24/h2-20H,1H3. The molecule has 0 fully saturated rings. The molecule has 2 heteroatoms. The van der Waals surface area contributed by atoms with Crippen LogP contribution >= 0.6 is 0 Å². The number of aryl methyl sites for hydroxylation is 1. The van der Waals surface area contributed by atoms with Gasteiger partial charge in [-0.1, -0.05) is 109 Å². The summed E-state index contributed by atoms with van der Waals surface area (Å²) < 4.78 is 0. The minimum absolute atomic E-state index is 0.734. The van der Waals surface area contributed by atoms with Gasteiger partial charge in [-0.2, -0.15) is 0 Å². The van der Waals surface area contributed by atoms with E-state index in [-0.39, 0.29) is 0 Å². The van der Waals surface area contributed by atoms with Crippen LogP contribution in [0.2, 0.25) is 0 Å². The Hall–Kier alpha value is -4.04. The normalized spacial score (nSPS) is 10.7. The average Bonchev–Trinajstić information content (AvgIpc) is 2.85. The number of nitrogens with zero attached hydrogens (tertiary/aromatic N) is 2. The first-order valence-electron chi connectivity index (χ1n) is 10.4.